The van der Waals surface area contributed by atoms with Crippen LogP contribution in [0, 0.1) is 16.2 Å². The fourth-order valence-corrected chi connectivity index (χ4v) is 5.89. The van der Waals surface area contributed by atoms with Crippen molar-refractivity contribution in [3.63, 3.8) is 0 Å². The average molecular weight is 541 g/mol. The van der Waals surface area contributed by atoms with Gasteiger partial charge < -0.3 is 0 Å². The van der Waals surface area contributed by atoms with Crippen molar-refractivity contribution in [2.75, 3.05) is 0 Å². The van der Waals surface area contributed by atoms with Crippen LogP contribution in [0.5, 0.6) is 0 Å². The Kier molecular flexibility index (Phi) is 9.45. The molecule has 0 aliphatic heterocycles. The quantitative estimate of drug-likeness (QED) is 0.312. The van der Waals surface area contributed by atoms with Gasteiger partial charge in [0.2, 0.25) is 0 Å². The molecule has 0 heterocycles. The highest BCUT2D eigenvalue weighted by molar-refractivity contribution is 5.64. The third-order valence-electron chi connectivity index (χ3n) is 8.63. The number of rotatable bonds is 0. The molecular weight excluding hydrogens is 480 g/mol. The fourth-order valence-electron chi connectivity index (χ4n) is 5.89. The third-order valence-corrected chi connectivity index (χ3v) is 8.63. The van der Waals surface area contributed by atoms with Gasteiger partial charge in [0.25, 0.3) is 0 Å². The van der Waals surface area contributed by atoms with Crippen molar-refractivity contribution < 1.29 is 0 Å². The first-order valence-electron chi connectivity index (χ1n) is 15.8. The Morgan fingerprint density at radius 2 is 1.12 bits per heavy atom. The summed E-state index contributed by atoms with van der Waals surface area (Å²) in [4.78, 5) is 0. The fraction of sp³-hybridized carbons (Fsp3) is 0.600. The highest BCUT2D eigenvalue weighted by Crippen LogP contribution is 2.54. The van der Waals surface area contributed by atoms with Crippen LogP contribution in [-0.2, 0) is 17.3 Å². The van der Waals surface area contributed by atoms with Gasteiger partial charge in [-0.15, -0.1) is 0 Å². The molecule has 0 bridgehead atoms. The van der Waals surface area contributed by atoms with Gasteiger partial charge in [-0.2, -0.15) is 0 Å². The molecule has 2 aromatic rings. The van der Waals surface area contributed by atoms with Gasteiger partial charge in [0, 0.05) is 0 Å². The average Bonchev–Trinajstić information content (AvgIpc) is 2.79. The Hall–Kier alpha value is -2.08. The predicted octanol–water partition coefficient (Wildman–Crippen LogP) is 12.4. The first-order valence-corrected chi connectivity index (χ1v) is 15.8. The molecule has 3 aliphatic rings. The molecule has 2 aromatic carbocycles. The normalized spacial score (nSPS) is 18.0. The van der Waals surface area contributed by atoms with Gasteiger partial charge in [0.15, 0.2) is 0 Å². The molecule has 0 aromatic heterocycles. The van der Waals surface area contributed by atoms with Crippen molar-refractivity contribution in [3.8, 4) is 0 Å². The van der Waals surface area contributed by atoms with Crippen molar-refractivity contribution >= 4 is 12.2 Å². The molecule has 1 fully saturated rings. The second-order valence-electron chi connectivity index (χ2n) is 17.4. The van der Waals surface area contributed by atoms with E-state index in [9.17, 15) is 0 Å². The summed E-state index contributed by atoms with van der Waals surface area (Å²) in [6.07, 6.45) is 12.7. The minimum Gasteiger partial charge on any atom is -0.0639 e. The van der Waals surface area contributed by atoms with E-state index in [2.05, 4.69) is 145 Å². The lowest BCUT2D eigenvalue weighted by atomic mass is 9.56. The van der Waals surface area contributed by atoms with Crippen LogP contribution in [0.15, 0.2) is 53.6 Å². The number of aryl methyl sites for hydroxylation is 1. The predicted molar refractivity (Wildman–Crippen MR) is 180 cm³/mol. The smallest absolute Gasteiger partial charge is 0.000363 e. The first kappa shape index (κ1) is 32.4. The van der Waals surface area contributed by atoms with E-state index in [1.807, 2.05) is 0 Å². The Morgan fingerprint density at radius 3 is 1.62 bits per heavy atom. The van der Waals surface area contributed by atoms with Crippen LogP contribution in [0.2, 0.25) is 0 Å². The summed E-state index contributed by atoms with van der Waals surface area (Å²) in [5, 5.41) is 0. The standard InChI is InChI=1S/C18H26.C17H22.C5H12/c1-17(2,3)15-9-7-14-12-16(18(4,5)6)10-8-13(14)11-15;1-16(2,3)14-11-13-7-4-5-8-15(13)17(12-14)9-6-10-17;1-5(2,3)4/h7,9,11-12H,8,10H2,1-6H3;4-5,7-8,11H,6,9-10,12H2,1-3H3;1-4H3. The molecule has 1 saturated carbocycles. The van der Waals surface area contributed by atoms with Crippen LogP contribution >= 0.6 is 0 Å². The van der Waals surface area contributed by atoms with Crippen molar-refractivity contribution in [1.82, 2.24) is 0 Å². The minimum absolute atomic E-state index is 0.253. The van der Waals surface area contributed by atoms with Gasteiger partial charge in [0.1, 0.15) is 0 Å². The molecule has 220 valence electrons. The zero-order chi connectivity index (χ0) is 30.1. The summed E-state index contributed by atoms with van der Waals surface area (Å²) in [7, 11) is 0. The molecule has 0 saturated heterocycles. The number of benzene rings is 2. The van der Waals surface area contributed by atoms with Crippen LogP contribution < -0.4 is 0 Å². The van der Waals surface area contributed by atoms with E-state index in [0.29, 0.717) is 21.7 Å². The second kappa shape index (κ2) is 11.7. The molecule has 1 spiro atoms. The first-order chi connectivity index (χ1) is 18.2. The summed E-state index contributed by atoms with van der Waals surface area (Å²) in [5.74, 6) is 0. The molecule has 0 heteroatoms. The monoisotopic (exact) mass is 540 g/mol. The van der Waals surface area contributed by atoms with Crippen molar-refractivity contribution in [1.29, 1.82) is 0 Å². The molecule has 0 atom stereocenters. The van der Waals surface area contributed by atoms with E-state index in [1.165, 1.54) is 60.8 Å². The van der Waals surface area contributed by atoms with Gasteiger partial charge in [0.05, 0.1) is 0 Å². The maximum Gasteiger partial charge on any atom is -0.000363 e. The van der Waals surface area contributed by atoms with Gasteiger partial charge in [-0.25, -0.2) is 0 Å². The van der Waals surface area contributed by atoms with E-state index >= 15 is 0 Å². The molecule has 0 N–H and O–H groups in total. The highest BCUT2D eigenvalue weighted by Gasteiger charge is 2.43. The van der Waals surface area contributed by atoms with Crippen LogP contribution in [0.4, 0.5) is 0 Å². The number of fused-ring (bicyclic) bond motifs is 3. The SMILES string of the molecule is CC(C)(C)C.CC(C)(C)C1=Cc2ccc(C(C)(C)C)cc2CC1.CC(C)(C)C1=Cc2ccccc2C2(CCC2)C1. The summed E-state index contributed by atoms with van der Waals surface area (Å²) >= 11 is 0. The summed E-state index contributed by atoms with van der Waals surface area (Å²) in [6.45, 7) is 29.6. The number of allylic oxidation sites excluding steroid dienone is 2. The summed E-state index contributed by atoms with van der Waals surface area (Å²) in [5.41, 5.74) is 12.6. The van der Waals surface area contributed by atoms with Gasteiger partial charge >= 0.3 is 0 Å². The van der Waals surface area contributed by atoms with Gasteiger partial charge in [-0.05, 0) is 87.0 Å². The van der Waals surface area contributed by atoms with E-state index in [0.717, 1.165) is 0 Å². The second-order valence-corrected chi connectivity index (χ2v) is 17.4. The summed E-state index contributed by atoms with van der Waals surface area (Å²) < 4.78 is 0. The van der Waals surface area contributed by atoms with Gasteiger partial charge in [-0.1, -0.05) is 162 Å². The largest absolute Gasteiger partial charge is 0.0639 e. The van der Waals surface area contributed by atoms with Crippen LogP contribution in [0.25, 0.3) is 12.2 Å². The molecule has 0 amide bonds. The molecule has 0 nitrogen and oxygen atoms in total. The third kappa shape index (κ3) is 8.47. The van der Waals surface area contributed by atoms with Gasteiger partial charge in [-0.3, -0.25) is 0 Å². The lowest BCUT2D eigenvalue weighted by molar-refractivity contribution is 0.225. The van der Waals surface area contributed by atoms with Crippen molar-refractivity contribution in [3.05, 3.63) is 81.4 Å². The van der Waals surface area contributed by atoms with E-state index in [4.69, 9.17) is 0 Å². The van der Waals surface area contributed by atoms with Crippen molar-refractivity contribution in [2.24, 2.45) is 16.2 Å². The number of hydrogen-bond donors (Lipinski definition) is 0. The van der Waals surface area contributed by atoms with Crippen LogP contribution in [0.3, 0.4) is 0 Å². The van der Waals surface area contributed by atoms with Crippen LogP contribution in [0.1, 0.15) is 150 Å². The Morgan fingerprint density at radius 1 is 0.575 bits per heavy atom. The summed E-state index contributed by atoms with van der Waals surface area (Å²) in [6, 6.07) is 16.0. The Balaban J connectivity index is 0.000000189. The van der Waals surface area contributed by atoms with Crippen molar-refractivity contribution in [2.45, 2.75) is 139 Å². The molecule has 0 radical (unpaired) electrons. The van der Waals surface area contributed by atoms with E-state index in [-0.39, 0.29) is 5.41 Å². The molecule has 3 aliphatic carbocycles. The maximum atomic E-state index is 2.44. The minimum atomic E-state index is 0.253. The van der Waals surface area contributed by atoms with E-state index < -0.39 is 0 Å². The molecular formula is C40H60. The number of hydrogen-bond acceptors (Lipinski definition) is 0. The topological polar surface area (TPSA) is 0 Å². The molecule has 0 unspecified atom stereocenters. The zero-order valence-corrected chi connectivity index (χ0v) is 28.4. The Bertz CT molecular complexity index is 1210. The highest BCUT2D eigenvalue weighted by atomic mass is 14.5. The lowest BCUT2D eigenvalue weighted by Gasteiger charge is -2.48. The zero-order valence-electron chi connectivity index (χ0n) is 28.4. The maximum absolute atomic E-state index is 2.44. The van der Waals surface area contributed by atoms with E-state index in [1.54, 1.807) is 16.7 Å². The van der Waals surface area contributed by atoms with Crippen LogP contribution in [-0.4, -0.2) is 0 Å². The lowest BCUT2D eigenvalue weighted by Crippen LogP contribution is -2.38. The molecule has 5 rings (SSSR count). The molecule has 40 heavy (non-hydrogen) atoms. The Labute approximate surface area is 248 Å².